The molecule has 0 aliphatic heterocycles. The first-order valence-corrected chi connectivity index (χ1v) is 8.97. The van der Waals surface area contributed by atoms with E-state index in [0.29, 0.717) is 0 Å². The maximum Gasteiger partial charge on any atom is 0.243 e. The van der Waals surface area contributed by atoms with E-state index in [1.807, 2.05) is 37.3 Å². The molecule has 2 aromatic carbocycles. The third-order valence-electron chi connectivity index (χ3n) is 3.89. The zero-order chi connectivity index (χ0) is 17.5. The number of nitrogens with zero attached hydrogens (tertiary/aromatic N) is 1. The predicted molar refractivity (Wildman–Crippen MR) is 106 cm³/mol. The first-order chi connectivity index (χ1) is 11.5. The molecule has 0 saturated heterocycles. The Morgan fingerprint density at radius 1 is 1.04 bits per heavy atom. The Morgan fingerprint density at radius 3 is 2.25 bits per heavy atom. The molecule has 5 heteroatoms. The van der Waals surface area contributed by atoms with Crippen LogP contribution in [0.4, 0.5) is 17.1 Å². The molecule has 0 heterocycles. The van der Waals surface area contributed by atoms with Crippen LogP contribution in [-0.2, 0) is 4.79 Å². The van der Waals surface area contributed by atoms with Crippen molar-refractivity contribution in [2.24, 2.45) is 0 Å². The molecule has 128 valence electrons. The topological polar surface area (TPSA) is 44.4 Å². The number of anilines is 3. The molecule has 0 unspecified atom stereocenters. The van der Waals surface area contributed by atoms with Gasteiger partial charge in [-0.2, -0.15) is 0 Å². The minimum Gasteiger partial charge on any atom is -0.376 e. The fourth-order valence-corrected chi connectivity index (χ4v) is 2.74. The molecule has 0 bridgehead atoms. The Bertz CT molecular complexity index is 682. The minimum atomic E-state index is -0.0652. The van der Waals surface area contributed by atoms with Crippen molar-refractivity contribution in [1.29, 1.82) is 0 Å². The van der Waals surface area contributed by atoms with Gasteiger partial charge in [0.1, 0.15) is 0 Å². The molecule has 0 spiro atoms. The summed E-state index contributed by atoms with van der Waals surface area (Å²) < 4.78 is 1.03. The second kappa shape index (κ2) is 8.73. The highest BCUT2D eigenvalue weighted by Crippen LogP contribution is 2.20. The molecule has 24 heavy (non-hydrogen) atoms. The van der Waals surface area contributed by atoms with Crippen LogP contribution in [-0.4, -0.2) is 25.5 Å². The van der Waals surface area contributed by atoms with E-state index in [0.717, 1.165) is 34.5 Å². The summed E-state index contributed by atoms with van der Waals surface area (Å²) in [6, 6.07) is 13.9. The highest BCUT2D eigenvalue weighted by molar-refractivity contribution is 9.10. The Kier molecular flexibility index (Phi) is 6.67. The zero-order valence-corrected chi connectivity index (χ0v) is 16.0. The molecule has 4 nitrogen and oxygen atoms in total. The number of benzene rings is 2. The highest BCUT2D eigenvalue weighted by Gasteiger charge is 2.05. The van der Waals surface area contributed by atoms with Crippen LogP contribution in [0.25, 0.3) is 0 Å². The lowest BCUT2D eigenvalue weighted by Gasteiger charge is -2.21. The van der Waals surface area contributed by atoms with Crippen molar-refractivity contribution in [3.05, 3.63) is 52.5 Å². The zero-order valence-electron chi connectivity index (χ0n) is 14.4. The van der Waals surface area contributed by atoms with E-state index in [1.54, 1.807) is 0 Å². The molecule has 0 saturated carbocycles. The van der Waals surface area contributed by atoms with E-state index in [1.165, 1.54) is 5.69 Å². The summed E-state index contributed by atoms with van der Waals surface area (Å²) in [5.41, 5.74) is 4.03. The van der Waals surface area contributed by atoms with Gasteiger partial charge in [0.15, 0.2) is 0 Å². The first kappa shape index (κ1) is 18.3. The maximum atomic E-state index is 12.1. The summed E-state index contributed by atoms with van der Waals surface area (Å²) in [7, 11) is 0. The highest BCUT2D eigenvalue weighted by atomic mass is 79.9. The second-order valence-corrected chi connectivity index (χ2v) is 6.44. The van der Waals surface area contributed by atoms with Gasteiger partial charge in [0.2, 0.25) is 5.91 Å². The van der Waals surface area contributed by atoms with Crippen LogP contribution in [0.3, 0.4) is 0 Å². The number of hydrogen-bond acceptors (Lipinski definition) is 3. The van der Waals surface area contributed by atoms with Crippen molar-refractivity contribution < 1.29 is 4.79 Å². The van der Waals surface area contributed by atoms with E-state index < -0.39 is 0 Å². The first-order valence-electron chi connectivity index (χ1n) is 8.18. The maximum absolute atomic E-state index is 12.1. The average Bonchev–Trinajstić information content (AvgIpc) is 2.58. The summed E-state index contributed by atoms with van der Waals surface area (Å²) in [5.74, 6) is -0.0652. The number of aryl methyl sites for hydroxylation is 1. The molecule has 2 rings (SSSR count). The van der Waals surface area contributed by atoms with E-state index in [4.69, 9.17) is 0 Å². The molecule has 0 aliphatic carbocycles. The van der Waals surface area contributed by atoms with Crippen LogP contribution >= 0.6 is 15.9 Å². The summed E-state index contributed by atoms with van der Waals surface area (Å²) in [6.07, 6.45) is 0. The van der Waals surface area contributed by atoms with E-state index in [2.05, 4.69) is 57.4 Å². The van der Waals surface area contributed by atoms with Crippen molar-refractivity contribution in [2.45, 2.75) is 20.8 Å². The molecule has 0 atom stereocenters. The largest absolute Gasteiger partial charge is 0.376 e. The lowest BCUT2D eigenvalue weighted by Crippen LogP contribution is -2.22. The fraction of sp³-hybridized carbons (Fsp3) is 0.316. The van der Waals surface area contributed by atoms with E-state index in [-0.39, 0.29) is 12.5 Å². The molecule has 0 radical (unpaired) electrons. The molecule has 2 aromatic rings. The summed E-state index contributed by atoms with van der Waals surface area (Å²) in [6.45, 7) is 8.49. The van der Waals surface area contributed by atoms with Gasteiger partial charge in [0.05, 0.1) is 6.54 Å². The van der Waals surface area contributed by atoms with Gasteiger partial charge >= 0.3 is 0 Å². The van der Waals surface area contributed by atoms with Crippen LogP contribution in [0.15, 0.2) is 46.9 Å². The normalized spacial score (nSPS) is 10.3. The number of nitrogens with one attached hydrogen (secondary N) is 2. The quantitative estimate of drug-likeness (QED) is 0.723. The van der Waals surface area contributed by atoms with Gasteiger partial charge in [-0.05, 0) is 68.8 Å². The Hall–Kier alpha value is -2.01. The summed E-state index contributed by atoms with van der Waals surface area (Å²) in [4.78, 5) is 14.3. The van der Waals surface area contributed by atoms with Gasteiger partial charge in [0.25, 0.3) is 0 Å². The van der Waals surface area contributed by atoms with Crippen LogP contribution in [0, 0.1) is 6.92 Å². The monoisotopic (exact) mass is 389 g/mol. The molecule has 0 aliphatic rings. The molecular weight excluding hydrogens is 366 g/mol. The molecule has 0 fully saturated rings. The standard InChI is InChI=1S/C19H24BrN3O/c1-4-23(5-2)17-9-6-15(7-10-17)21-13-19(24)22-16-8-11-18(20)14(3)12-16/h6-12,21H,4-5,13H2,1-3H3,(H,22,24). The van der Waals surface area contributed by atoms with Crippen molar-refractivity contribution in [1.82, 2.24) is 0 Å². The number of carbonyl (C=O) groups is 1. The lowest BCUT2D eigenvalue weighted by molar-refractivity contribution is -0.114. The smallest absolute Gasteiger partial charge is 0.243 e. The number of amides is 1. The van der Waals surface area contributed by atoms with Crippen molar-refractivity contribution in [3.63, 3.8) is 0 Å². The number of hydrogen-bond donors (Lipinski definition) is 2. The fourth-order valence-electron chi connectivity index (χ4n) is 2.49. The van der Waals surface area contributed by atoms with Gasteiger partial charge in [-0.25, -0.2) is 0 Å². The van der Waals surface area contributed by atoms with Gasteiger partial charge in [-0.15, -0.1) is 0 Å². The van der Waals surface area contributed by atoms with Crippen LogP contribution in [0.1, 0.15) is 19.4 Å². The molecule has 0 aromatic heterocycles. The second-order valence-electron chi connectivity index (χ2n) is 5.58. The summed E-state index contributed by atoms with van der Waals surface area (Å²) in [5, 5.41) is 6.05. The molecule has 1 amide bonds. The average molecular weight is 390 g/mol. The Balaban J connectivity index is 1.88. The van der Waals surface area contributed by atoms with Crippen LogP contribution in [0.2, 0.25) is 0 Å². The van der Waals surface area contributed by atoms with Crippen LogP contribution in [0.5, 0.6) is 0 Å². The minimum absolute atomic E-state index is 0.0652. The van der Waals surface area contributed by atoms with Gasteiger partial charge in [0, 0.05) is 34.6 Å². The number of carbonyl (C=O) groups excluding carboxylic acids is 1. The SMILES string of the molecule is CCN(CC)c1ccc(NCC(=O)Nc2ccc(Br)c(C)c2)cc1. The van der Waals surface area contributed by atoms with Gasteiger partial charge < -0.3 is 15.5 Å². The van der Waals surface area contributed by atoms with Gasteiger partial charge in [-0.3, -0.25) is 4.79 Å². The van der Waals surface area contributed by atoms with Crippen molar-refractivity contribution >= 4 is 38.9 Å². The van der Waals surface area contributed by atoms with E-state index in [9.17, 15) is 4.79 Å². The summed E-state index contributed by atoms with van der Waals surface area (Å²) >= 11 is 3.45. The van der Waals surface area contributed by atoms with Crippen molar-refractivity contribution in [2.75, 3.05) is 35.2 Å². The third-order valence-corrected chi connectivity index (χ3v) is 4.78. The molecular formula is C19H24BrN3O. The predicted octanol–water partition coefficient (Wildman–Crippen LogP) is 4.65. The van der Waals surface area contributed by atoms with Crippen molar-refractivity contribution in [3.8, 4) is 0 Å². The number of halogens is 1. The Morgan fingerprint density at radius 2 is 1.67 bits per heavy atom. The van der Waals surface area contributed by atoms with Crippen LogP contribution < -0.4 is 15.5 Å². The third kappa shape index (κ3) is 4.99. The number of rotatable bonds is 7. The van der Waals surface area contributed by atoms with E-state index >= 15 is 0 Å². The lowest BCUT2D eigenvalue weighted by atomic mass is 10.2. The van der Waals surface area contributed by atoms with Gasteiger partial charge in [-0.1, -0.05) is 15.9 Å². The Labute approximate surface area is 152 Å². The molecule has 2 N–H and O–H groups in total.